The van der Waals surface area contributed by atoms with Crippen LogP contribution < -0.4 is 5.73 Å². The summed E-state index contributed by atoms with van der Waals surface area (Å²) in [5.74, 6) is 1.71. The van der Waals surface area contributed by atoms with Crippen LogP contribution in [0.5, 0.6) is 0 Å². The van der Waals surface area contributed by atoms with Crippen molar-refractivity contribution in [1.29, 1.82) is 0 Å². The van der Waals surface area contributed by atoms with Crippen LogP contribution in [0, 0.1) is 5.92 Å². The third-order valence-electron chi connectivity index (χ3n) is 3.90. The fourth-order valence-corrected chi connectivity index (χ4v) is 3.05. The molecule has 0 radical (unpaired) electrons. The van der Waals surface area contributed by atoms with Gasteiger partial charge in [0.1, 0.15) is 5.52 Å². The Labute approximate surface area is 111 Å². The minimum Gasteiger partial charge on any atom is -0.440 e. The second-order valence-corrected chi connectivity index (χ2v) is 5.49. The first-order chi connectivity index (χ1) is 8.78. The number of rotatable bonds is 2. The molecule has 18 heavy (non-hydrogen) atoms. The van der Waals surface area contributed by atoms with Gasteiger partial charge in [-0.25, -0.2) is 4.98 Å². The predicted octanol–water partition coefficient (Wildman–Crippen LogP) is 3.71. The molecule has 4 heteroatoms. The monoisotopic (exact) mass is 264 g/mol. The molecular formula is C14H17ClN2O. The molecule has 2 N–H and O–H groups in total. The van der Waals surface area contributed by atoms with Crippen LogP contribution >= 0.6 is 11.6 Å². The van der Waals surface area contributed by atoms with Crippen molar-refractivity contribution >= 4 is 22.7 Å². The topological polar surface area (TPSA) is 52.0 Å². The van der Waals surface area contributed by atoms with Crippen molar-refractivity contribution in [3.63, 3.8) is 0 Å². The number of fused-ring (bicyclic) bond motifs is 1. The van der Waals surface area contributed by atoms with Gasteiger partial charge in [0.2, 0.25) is 0 Å². The van der Waals surface area contributed by atoms with Crippen LogP contribution in [-0.4, -0.2) is 11.5 Å². The molecule has 0 saturated heterocycles. The van der Waals surface area contributed by atoms with Gasteiger partial charge in [-0.05, 0) is 37.4 Å². The minimum atomic E-state index is 0.370. The maximum absolute atomic E-state index is 5.96. The molecule has 0 aliphatic heterocycles. The van der Waals surface area contributed by atoms with E-state index < -0.39 is 0 Å². The molecule has 1 aromatic heterocycles. The molecule has 1 saturated carbocycles. The first kappa shape index (κ1) is 12.0. The van der Waals surface area contributed by atoms with E-state index >= 15 is 0 Å². The van der Waals surface area contributed by atoms with E-state index in [0.717, 1.165) is 23.4 Å². The Bertz CT molecular complexity index is 552. The lowest BCUT2D eigenvalue weighted by molar-refractivity contribution is 0.275. The van der Waals surface area contributed by atoms with E-state index in [-0.39, 0.29) is 0 Å². The standard InChI is InChI=1S/C14H17ClN2O/c15-10-5-6-12-13(7-10)18-14(17-12)11-4-2-1-3-9(11)8-16/h5-7,9,11H,1-4,8,16H2. The highest BCUT2D eigenvalue weighted by Gasteiger charge is 2.29. The van der Waals surface area contributed by atoms with Crippen LogP contribution in [-0.2, 0) is 0 Å². The zero-order valence-corrected chi connectivity index (χ0v) is 11.0. The first-order valence-corrected chi connectivity index (χ1v) is 6.92. The first-order valence-electron chi connectivity index (χ1n) is 6.54. The zero-order chi connectivity index (χ0) is 12.5. The van der Waals surface area contributed by atoms with Gasteiger partial charge in [0.15, 0.2) is 11.5 Å². The lowest BCUT2D eigenvalue weighted by atomic mass is 9.79. The Kier molecular flexibility index (Phi) is 3.27. The summed E-state index contributed by atoms with van der Waals surface area (Å²) in [6, 6.07) is 5.58. The molecule has 1 aromatic carbocycles. The maximum atomic E-state index is 5.96. The largest absolute Gasteiger partial charge is 0.440 e. The molecule has 0 spiro atoms. The molecule has 2 aromatic rings. The zero-order valence-electron chi connectivity index (χ0n) is 10.2. The van der Waals surface area contributed by atoms with E-state index in [1.807, 2.05) is 18.2 Å². The van der Waals surface area contributed by atoms with Gasteiger partial charge in [-0.2, -0.15) is 0 Å². The smallest absolute Gasteiger partial charge is 0.198 e. The number of oxazole rings is 1. The summed E-state index contributed by atoms with van der Waals surface area (Å²) < 4.78 is 5.87. The average molecular weight is 265 g/mol. The van der Waals surface area contributed by atoms with Gasteiger partial charge >= 0.3 is 0 Å². The molecule has 2 unspecified atom stereocenters. The number of aromatic nitrogens is 1. The van der Waals surface area contributed by atoms with Gasteiger partial charge in [0, 0.05) is 17.0 Å². The fraction of sp³-hybridized carbons (Fsp3) is 0.500. The molecule has 1 fully saturated rings. The highest BCUT2D eigenvalue weighted by molar-refractivity contribution is 6.31. The third kappa shape index (κ3) is 2.13. The Morgan fingerprint density at radius 3 is 3.00 bits per heavy atom. The average Bonchev–Trinajstić information content (AvgIpc) is 2.81. The molecular weight excluding hydrogens is 248 g/mol. The van der Waals surface area contributed by atoms with Crippen molar-refractivity contribution in [3.8, 4) is 0 Å². The van der Waals surface area contributed by atoms with E-state index in [4.69, 9.17) is 21.8 Å². The normalized spacial score (nSPS) is 24.6. The van der Waals surface area contributed by atoms with E-state index in [1.54, 1.807) is 0 Å². The molecule has 1 aliphatic carbocycles. The molecule has 0 amide bonds. The summed E-state index contributed by atoms with van der Waals surface area (Å²) in [4.78, 5) is 4.59. The van der Waals surface area contributed by atoms with E-state index in [1.165, 1.54) is 19.3 Å². The lowest BCUT2D eigenvalue weighted by Gasteiger charge is -2.27. The van der Waals surface area contributed by atoms with Gasteiger partial charge in [-0.15, -0.1) is 0 Å². The Morgan fingerprint density at radius 1 is 1.33 bits per heavy atom. The van der Waals surface area contributed by atoms with E-state index in [2.05, 4.69) is 4.98 Å². The van der Waals surface area contributed by atoms with Gasteiger partial charge in [-0.3, -0.25) is 0 Å². The second-order valence-electron chi connectivity index (χ2n) is 5.05. The van der Waals surface area contributed by atoms with Crippen LogP contribution in [0.3, 0.4) is 0 Å². The summed E-state index contributed by atoms with van der Waals surface area (Å²) in [6.45, 7) is 0.712. The van der Waals surface area contributed by atoms with Gasteiger partial charge < -0.3 is 10.2 Å². The summed E-state index contributed by atoms with van der Waals surface area (Å²) in [7, 11) is 0. The summed E-state index contributed by atoms with van der Waals surface area (Å²) in [6.07, 6.45) is 4.81. The number of nitrogens with two attached hydrogens (primary N) is 1. The van der Waals surface area contributed by atoms with Crippen LogP contribution in [0.1, 0.15) is 37.5 Å². The van der Waals surface area contributed by atoms with E-state index in [9.17, 15) is 0 Å². The highest BCUT2D eigenvalue weighted by Crippen LogP contribution is 2.38. The fourth-order valence-electron chi connectivity index (χ4n) is 2.89. The van der Waals surface area contributed by atoms with Crippen molar-refractivity contribution in [2.24, 2.45) is 11.7 Å². The van der Waals surface area contributed by atoms with Crippen LogP contribution in [0.4, 0.5) is 0 Å². The Balaban J connectivity index is 1.97. The molecule has 0 bridgehead atoms. The maximum Gasteiger partial charge on any atom is 0.198 e. The number of hydrogen-bond acceptors (Lipinski definition) is 3. The number of benzene rings is 1. The van der Waals surface area contributed by atoms with Crippen LogP contribution in [0.2, 0.25) is 5.02 Å². The van der Waals surface area contributed by atoms with Crippen molar-refractivity contribution in [1.82, 2.24) is 4.98 Å². The number of halogens is 1. The Hall–Kier alpha value is -1.06. The van der Waals surface area contributed by atoms with Crippen molar-refractivity contribution in [3.05, 3.63) is 29.1 Å². The third-order valence-corrected chi connectivity index (χ3v) is 4.13. The lowest BCUT2D eigenvalue weighted by Crippen LogP contribution is -2.25. The summed E-state index contributed by atoms with van der Waals surface area (Å²) in [5.41, 5.74) is 7.52. The molecule has 1 aliphatic rings. The molecule has 96 valence electrons. The van der Waals surface area contributed by atoms with Crippen molar-refractivity contribution in [2.75, 3.05) is 6.54 Å². The highest BCUT2D eigenvalue weighted by atomic mass is 35.5. The molecule has 3 rings (SSSR count). The van der Waals surface area contributed by atoms with Crippen molar-refractivity contribution in [2.45, 2.75) is 31.6 Å². The number of hydrogen-bond donors (Lipinski definition) is 1. The molecule has 3 nitrogen and oxygen atoms in total. The number of nitrogens with zero attached hydrogens (tertiary/aromatic N) is 1. The van der Waals surface area contributed by atoms with Gasteiger partial charge in [-0.1, -0.05) is 24.4 Å². The minimum absolute atomic E-state index is 0.370. The van der Waals surface area contributed by atoms with Gasteiger partial charge in [0.05, 0.1) is 0 Å². The summed E-state index contributed by atoms with van der Waals surface area (Å²) in [5, 5.41) is 0.684. The van der Waals surface area contributed by atoms with Crippen molar-refractivity contribution < 1.29 is 4.42 Å². The van der Waals surface area contributed by atoms with Gasteiger partial charge in [0.25, 0.3) is 0 Å². The SMILES string of the molecule is NCC1CCCCC1c1nc2ccc(Cl)cc2o1. The van der Waals surface area contributed by atoms with Crippen LogP contribution in [0.15, 0.2) is 22.6 Å². The molecule has 1 heterocycles. The van der Waals surface area contributed by atoms with E-state index in [0.29, 0.717) is 23.4 Å². The Morgan fingerprint density at radius 2 is 2.17 bits per heavy atom. The summed E-state index contributed by atoms with van der Waals surface area (Å²) >= 11 is 5.96. The predicted molar refractivity (Wildman–Crippen MR) is 72.8 cm³/mol. The second kappa shape index (κ2) is 4.90. The van der Waals surface area contributed by atoms with Crippen LogP contribution in [0.25, 0.3) is 11.1 Å². The molecule has 2 atom stereocenters. The quantitative estimate of drug-likeness (QED) is 0.900.